The van der Waals surface area contributed by atoms with Gasteiger partial charge in [-0.1, -0.05) is 23.7 Å². The summed E-state index contributed by atoms with van der Waals surface area (Å²) < 4.78 is 0. The first-order valence-corrected chi connectivity index (χ1v) is 8.70. The molecule has 116 valence electrons. The van der Waals surface area contributed by atoms with Crippen molar-refractivity contribution in [1.82, 2.24) is 0 Å². The van der Waals surface area contributed by atoms with Crippen LogP contribution in [0.1, 0.15) is 20.7 Å². The Kier molecular flexibility index (Phi) is 4.47. The highest BCUT2D eigenvalue weighted by Gasteiger charge is 2.21. The Morgan fingerprint density at radius 1 is 1.17 bits per heavy atom. The monoisotopic (exact) mass is 363 g/mol. The summed E-state index contributed by atoms with van der Waals surface area (Å²) in [5.74, 6) is -1.42. The van der Waals surface area contributed by atoms with Gasteiger partial charge >= 0.3 is 5.97 Å². The number of rotatable bonds is 4. The molecule has 3 rings (SSSR count). The molecule has 0 spiro atoms. The van der Waals surface area contributed by atoms with Crippen LogP contribution in [0.25, 0.3) is 11.1 Å². The zero-order chi connectivity index (χ0) is 16.4. The number of carboxylic acid groups (broad SMARTS) is 1. The molecule has 0 aliphatic rings. The number of hydrogen-bond acceptors (Lipinski definition) is 4. The minimum absolute atomic E-state index is 0.0702. The van der Waals surface area contributed by atoms with Crippen molar-refractivity contribution >= 4 is 51.2 Å². The lowest BCUT2D eigenvalue weighted by Gasteiger charge is -2.05. The molecule has 0 aliphatic heterocycles. The van der Waals surface area contributed by atoms with E-state index in [-0.39, 0.29) is 11.5 Å². The topological polar surface area (TPSA) is 66.4 Å². The molecule has 2 heterocycles. The van der Waals surface area contributed by atoms with E-state index in [0.29, 0.717) is 26.7 Å². The number of carbonyl (C=O) groups is 2. The SMILES string of the molecule is O=C(Nc1scc(-c2cccc(Cl)c2)c1C(=O)O)c1ccsc1. The van der Waals surface area contributed by atoms with Crippen LogP contribution in [0, 0.1) is 0 Å². The van der Waals surface area contributed by atoms with Crippen molar-refractivity contribution in [3.05, 3.63) is 62.6 Å². The zero-order valence-electron chi connectivity index (χ0n) is 11.6. The lowest BCUT2D eigenvalue weighted by molar-refractivity contribution is 0.0699. The Bertz CT molecular complexity index is 871. The summed E-state index contributed by atoms with van der Waals surface area (Å²) >= 11 is 8.56. The van der Waals surface area contributed by atoms with Gasteiger partial charge in [0, 0.05) is 21.3 Å². The number of anilines is 1. The summed E-state index contributed by atoms with van der Waals surface area (Å²) in [6.45, 7) is 0. The maximum absolute atomic E-state index is 12.1. The molecule has 0 atom stereocenters. The van der Waals surface area contributed by atoms with Gasteiger partial charge in [-0.3, -0.25) is 4.79 Å². The van der Waals surface area contributed by atoms with Crippen molar-refractivity contribution in [1.29, 1.82) is 0 Å². The third-order valence-corrected chi connectivity index (χ3v) is 4.96. The van der Waals surface area contributed by atoms with E-state index < -0.39 is 5.97 Å². The lowest BCUT2D eigenvalue weighted by atomic mass is 10.0. The molecular formula is C16H10ClNO3S2. The fraction of sp³-hybridized carbons (Fsp3) is 0. The van der Waals surface area contributed by atoms with Gasteiger partial charge in [0.25, 0.3) is 5.91 Å². The zero-order valence-corrected chi connectivity index (χ0v) is 14.0. The Balaban J connectivity index is 1.99. The molecule has 0 bridgehead atoms. The lowest BCUT2D eigenvalue weighted by Crippen LogP contribution is -2.12. The second-order valence-electron chi connectivity index (χ2n) is 4.64. The molecule has 2 N–H and O–H groups in total. The maximum atomic E-state index is 12.1. The molecule has 4 nitrogen and oxygen atoms in total. The average molecular weight is 364 g/mol. The largest absolute Gasteiger partial charge is 0.478 e. The van der Waals surface area contributed by atoms with Crippen LogP contribution in [-0.4, -0.2) is 17.0 Å². The summed E-state index contributed by atoms with van der Waals surface area (Å²) in [5.41, 5.74) is 1.80. The number of hydrogen-bond donors (Lipinski definition) is 2. The van der Waals surface area contributed by atoms with E-state index in [9.17, 15) is 14.7 Å². The predicted octanol–water partition coefficient (Wildman–Crippen LogP) is 5.08. The predicted molar refractivity (Wildman–Crippen MR) is 94.0 cm³/mol. The van der Waals surface area contributed by atoms with Crippen molar-refractivity contribution in [2.24, 2.45) is 0 Å². The van der Waals surface area contributed by atoms with Crippen LogP contribution < -0.4 is 5.32 Å². The number of carboxylic acids is 1. The van der Waals surface area contributed by atoms with Gasteiger partial charge in [-0.05, 0) is 29.1 Å². The maximum Gasteiger partial charge on any atom is 0.339 e. The number of halogens is 1. The van der Waals surface area contributed by atoms with Crippen LogP contribution in [0.3, 0.4) is 0 Å². The van der Waals surface area contributed by atoms with Crippen molar-refractivity contribution in [3.63, 3.8) is 0 Å². The van der Waals surface area contributed by atoms with Gasteiger partial charge in [-0.15, -0.1) is 11.3 Å². The minimum Gasteiger partial charge on any atom is -0.478 e. The molecule has 0 saturated carbocycles. The van der Waals surface area contributed by atoms with Crippen molar-refractivity contribution in [3.8, 4) is 11.1 Å². The Morgan fingerprint density at radius 3 is 2.65 bits per heavy atom. The standard InChI is InChI=1S/C16H10ClNO3S2/c17-11-3-1-2-9(6-11)12-8-23-15(13(12)16(20)21)18-14(19)10-4-5-22-7-10/h1-8H,(H,18,19)(H,20,21). The first kappa shape index (κ1) is 15.7. The molecule has 1 amide bonds. The molecule has 0 saturated heterocycles. The van der Waals surface area contributed by atoms with Crippen LogP contribution in [0.15, 0.2) is 46.5 Å². The number of carbonyl (C=O) groups excluding carboxylic acids is 1. The van der Waals surface area contributed by atoms with Gasteiger partial charge in [0.15, 0.2) is 0 Å². The quantitative estimate of drug-likeness (QED) is 0.679. The van der Waals surface area contributed by atoms with Crippen LogP contribution in [0.5, 0.6) is 0 Å². The summed E-state index contributed by atoms with van der Waals surface area (Å²) in [6, 6.07) is 8.64. The normalized spacial score (nSPS) is 10.5. The van der Waals surface area contributed by atoms with Gasteiger partial charge in [0.1, 0.15) is 10.6 Å². The van der Waals surface area contributed by atoms with Crippen LogP contribution in [0.2, 0.25) is 5.02 Å². The molecule has 7 heteroatoms. The molecule has 0 radical (unpaired) electrons. The summed E-state index contributed by atoms with van der Waals surface area (Å²) in [4.78, 5) is 23.8. The highest BCUT2D eigenvalue weighted by atomic mass is 35.5. The molecule has 3 aromatic rings. The molecule has 0 unspecified atom stereocenters. The van der Waals surface area contributed by atoms with Crippen LogP contribution in [0.4, 0.5) is 5.00 Å². The van der Waals surface area contributed by atoms with Crippen LogP contribution in [-0.2, 0) is 0 Å². The summed E-state index contributed by atoms with van der Waals surface area (Å²) in [6.07, 6.45) is 0. The van der Waals surface area contributed by atoms with Gasteiger partial charge < -0.3 is 10.4 Å². The van der Waals surface area contributed by atoms with E-state index in [4.69, 9.17) is 11.6 Å². The van der Waals surface area contributed by atoms with E-state index in [1.807, 2.05) is 0 Å². The molecule has 1 aromatic carbocycles. The second kappa shape index (κ2) is 6.54. The summed E-state index contributed by atoms with van der Waals surface area (Å²) in [7, 11) is 0. The third kappa shape index (κ3) is 3.29. The van der Waals surface area contributed by atoms with Gasteiger partial charge in [-0.25, -0.2) is 4.79 Å². The first-order valence-electron chi connectivity index (χ1n) is 6.50. The van der Waals surface area contributed by atoms with E-state index >= 15 is 0 Å². The molecule has 23 heavy (non-hydrogen) atoms. The molecule has 0 aliphatic carbocycles. The summed E-state index contributed by atoms with van der Waals surface area (Å²) in [5, 5.41) is 18.2. The number of benzene rings is 1. The van der Waals surface area contributed by atoms with Gasteiger partial charge in [-0.2, -0.15) is 11.3 Å². The van der Waals surface area contributed by atoms with E-state index in [1.54, 1.807) is 46.5 Å². The number of amides is 1. The van der Waals surface area contributed by atoms with Crippen LogP contribution >= 0.6 is 34.3 Å². The highest BCUT2D eigenvalue weighted by Crippen LogP contribution is 2.36. The first-order chi connectivity index (χ1) is 11.1. The number of nitrogens with one attached hydrogen (secondary N) is 1. The smallest absolute Gasteiger partial charge is 0.339 e. The highest BCUT2D eigenvalue weighted by molar-refractivity contribution is 7.15. The van der Waals surface area contributed by atoms with Gasteiger partial charge in [0.2, 0.25) is 0 Å². The van der Waals surface area contributed by atoms with Gasteiger partial charge in [0.05, 0.1) is 5.56 Å². The van der Waals surface area contributed by atoms with E-state index in [1.165, 1.54) is 22.7 Å². The molecular weight excluding hydrogens is 354 g/mol. The van der Waals surface area contributed by atoms with E-state index in [2.05, 4.69) is 5.32 Å². The Morgan fingerprint density at radius 2 is 2.00 bits per heavy atom. The van der Waals surface area contributed by atoms with E-state index in [0.717, 1.165) is 0 Å². The number of aromatic carboxylic acids is 1. The van der Waals surface area contributed by atoms with Crippen molar-refractivity contribution in [2.45, 2.75) is 0 Å². The van der Waals surface area contributed by atoms with Crippen molar-refractivity contribution < 1.29 is 14.7 Å². The third-order valence-electron chi connectivity index (χ3n) is 3.15. The molecule has 2 aromatic heterocycles. The number of thiophene rings is 2. The van der Waals surface area contributed by atoms with Crippen molar-refractivity contribution in [2.75, 3.05) is 5.32 Å². The second-order valence-corrected chi connectivity index (χ2v) is 6.73. The Hall–Kier alpha value is -2.15. The Labute approximate surface area is 145 Å². The molecule has 0 fully saturated rings. The fourth-order valence-electron chi connectivity index (χ4n) is 2.10. The fourth-order valence-corrected chi connectivity index (χ4v) is 3.88. The average Bonchev–Trinajstić information content (AvgIpc) is 3.16. The minimum atomic E-state index is -1.10.